The van der Waals surface area contributed by atoms with Gasteiger partial charge in [-0.3, -0.25) is 19.2 Å². The Morgan fingerprint density at radius 1 is 0.537 bits per heavy atom. The van der Waals surface area contributed by atoms with Gasteiger partial charge in [-0.15, -0.1) is 0 Å². The molecule has 4 amide bonds. The number of nitrogens with one attached hydrogen (secondary N) is 4. The average molecular weight is 735 g/mol. The Morgan fingerprint density at radius 2 is 0.852 bits per heavy atom. The first-order valence-corrected chi connectivity index (χ1v) is 19.2. The Hall–Kier alpha value is -5.26. The molecular formula is C42H54N8O4. The summed E-state index contributed by atoms with van der Waals surface area (Å²) in [7, 11) is 0. The molecular weight excluding hydrogens is 681 g/mol. The minimum Gasteiger partial charge on any atom is -0.340 e. The molecule has 12 nitrogen and oxygen atoms in total. The highest BCUT2D eigenvalue weighted by Crippen LogP contribution is 2.35. The van der Waals surface area contributed by atoms with Crippen LogP contribution in [-0.2, 0) is 19.2 Å². The van der Waals surface area contributed by atoms with Crippen LogP contribution in [0, 0.1) is 10.8 Å². The van der Waals surface area contributed by atoms with Gasteiger partial charge < -0.3 is 30.4 Å². The fraction of sp³-hybridized carbons (Fsp3) is 0.476. The number of piperidine rings is 2. The number of hydrogen-bond acceptors (Lipinski definition) is 6. The van der Waals surface area contributed by atoms with Crippen LogP contribution in [0.2, 0.25) is 0 Å². The second-order valence-corrected chi connectivity index (χ2v) is 16.8. The minimum absolute atomic E-state index is 0.391. The van der Waals surface area contributed by atoms with Crippen molar-refractivity contribution in [1.29, 1.82) is 0 Å². The Morgan fingerprint density at radius 3 is 1.17 bits per heavy atom. The standard InChI is InChI=1S/C42H54N8O4/c1-41(2,3)33(47-37(51)39(53)49-21-9-7-10-22-49)35-43-25-31(45-35)29-17-13-27(14-18-29)28-15-19-30(20-16-28)32-26-44-36(46-32)34(42(4,5)6)48-38(52)40(54)50-23-11-8-12-24-50/h13-20,25-26,33-34H,7-12,21-24H2,1-6H3,(H,43,45)(H,44,46)(H,47,51)(H,48,52). The summed E-state index contributed by atoms with van der Waals surface area (Å²) in [6, 6.07) is 15.4. The van der Waals surface area contributed by atoms with Gasteiger partial charge in [0.25, 0.3) is 0 Å². The third kappa shape index (κ3) is 8.91. The van der Waals surface area contributed by atoms with Gasteiger partial charge in [0.05, 0.1) is 35.9 Å². The monoisotopic (exact) mass is 734 g/mol. The molecule has 0 bridgehead atoms. The molecule has 2 aliphatic heterocycles. The summed E-state index contributed by atoms with van der Waals surface area (Å²) in [6.07, 6.45) is 9.37. The normalized spacial score (nSPS) is 16.4. The Bertz CT molecular complexity index is 1790. The topological polar surface area (TPSA) is 156 Å². The predicted molar refractivity (Wildman–Crippen MR) is 209 cm³/mol. The third-order valence-electron chi connectivity index (χ3n) is 10.4. The molecule has 4 N–H and O–H groups in total. The summed E-state index contributed by atoms with van der Waals surface area (Å²) in [5.41, 5.74) is 4.82. The maximum Gasteiger partial charge on any atom is 0.311 e. The molecule has 0 radical (unpaired) electrons. The van der Waals surface area contributed by atoms with Gasteiger partial charge in [-0.2, -0.15) is 0 Å². The van der Waals surface area contributed by atoms with E-state index in [9.17, 15) is 19.2 Å². The van der Waals surface area contributed by atoms with E-state index >= 15 is 0 Å². The first kappa shape index (κ1) is 38.5. The first-order chi connectivity index (χ1) is 25.7. The van der Waals surface area contributed by atoms with Gasteiger partial charge in [0.1, 0.15) is 11.6 Å². The van der Waals surface area contributed by atoms with E-state index in [0.29, 0.717) is 37.8 Å². The first-order valence-electron chi connectivity index (χ1n) is 19.2. The molecule has 6 rings (SSSR count). The number of benzene rings is 2. The predicted octanol–water partition coefficient (Wildman–Crippen LogP) is 6.57. The molecule has 2 aliphatic rings. The summed E-state index contributed by atoms with van der Waals surface area (Å²) < 4.78 is 0. The smallest absolute Gasteiger partial charge is 0.311 e. The summed E-state index contributed by atoms with van der Waals surface area (Å²) in [5.74, 6) is -0.966. The minimum atomic E-state index is -0.600. The number of hydrogen-bond donors (Lipinski definition) is 4. The van der Waals surface area contributed by atoms with Crippen molar-refractivity contribution >= 4 is 23.6 Å². The molecule has 2 fully saturated rings. The fourth-order valence-corrected chi connectivity index (χ4v) is 7.20. The van der Waals surface area contributed by atoms with Gasteiger partial charge in [-0.05, 0) is 71.6 Å². The summed E-state index contributed by atoms with van der Waals surface area (Å²) in [5, 5.41) is 5.91. The highest BCUT2D eigenvalue weighted by atomic mass is 16.2. The average Bonchev–Trinajstić information content (AvgIpc) is 3.86. The summed E-state index contributed by atoms with van der Waals surface area (Å²) >= 11 is 0. The molecule has 4 aromatic rings. The summed E-state index contributed by atoms with van der Waals surface area (Å²) in [6.45, 7) is 14.6. The molecule has 0 spiro atoms. The van der Waals surface area contributed by atoms with Crippen LogP contribution in [0.4, 0.5) is 0 Å². The van der Waals surface area contributed by atoms with E-state index in [2.05, 4.69) is 54.8 Å². The van der Waals surface area contributed by atoms with E-state index in [4.69, 9.17) is 0 Å². The molecule has 2 aromatic carbocycles. The van der Waals surface area contributed by atoms with Crippen molar-refractivity contribution in [2.75, 3.05) is 26.2 Å². The summed E-state index contributed by atoms with van der Waals surface area (Å²) in [4.78, 5) is 71.1. The number of carbonyl (C=O) groups excluding carboxylic acids is 4. The van der Waals surface area contributed by atoms with E-state index in [0.717, 1.165) is 72.2 Å². The maximum absolute atomic E-state index is 13.0. The van der Waals surface area contributed by atoms with Gasteiger partial charge in [0.2, 0.25) is 0 Å². The van der Waals surface area contributed by atoms with Crippen LogP contribution < -0.4 is 10.6 Å². The molecule has 4 heterocycles. The number of amides is 4. The van der Waals surface area contributed by atoms with Crippen LogP contribution in [0.3, 0.4) is 0 Å². The van der Waals surface area contributed by atoms with Crippen LogP contribution in [0.15, 0.2) is 60.9 Å². The number of aromatic nitrogens is 4. The highest BCUT2D eigenvalue weighted by Gasteiger charge is 2.35. The lowest BCUT2D eigenvalue weighted by Gasteiger charge is -2.31. The number of nitrogens with zero attached hydrogens (tertiary/aromatic N) is 4. The maximum atomic E-state index is 13.0. The van der Waals surface area contributed by atoms with Crippen LogP contribution >= 0.6 is 0 Å². The molecule has 2 aromatic heterocycles. The second kappa shape index (κ2) is 16.0. The quantitative estimate of drug-likeness (QED) is 0.158. The molecule has 2 saturated heterocycles. The fourth-order valence-electron chi connectivity index (χ4n) is 7.20. The van der Waals surface area contributed by atoms with Crippen molar-refractivity contribution in [3.05, 3.63) is 72.6 Å². The van der Waals surface area contributed by atoms with Crippen molar-refractivity contribution in [3.8, 4) is 33.6 Å². The van der Waals surface area contributed by atoms with Gasteiger partial charge >= 0.3 is 23.6 Å². The third-order valence-corrected chi connectivity index (χ3v) is 10.4. The van der Waals surface area contributed by atoms with Gasteiger partial charge in [-0.1, -0.05) is 90.1 Å². The highest BCUT2D eigenvalue weighted by molar-refractivity contribution is 6.35. The Labute approximate surface area is 317 Å². The van der Waals surface area contributed by atoms with Crippen LogP contribution in [0.5, 0.6) is 0 Å². The zero-order chi connectivity index (χ0) is 38.6. The lowest BCUT2D eigenvalue weighted by Crippen LogP contribution is -2.48. The van der Waals surface area contributed by atoms with Gasteiger partial charge in [-0.25, -0.2) is 9.97 Å². The van der Waals surface area contributed by atoms with Crippen molar-refractivity contribution in [3.63, 3.8) is 0 Å². The van der Waals surface area contributed by atoms with Crippen LogP contribution in [0.25, 0.3) is 33.6 Å². The SMILES string of the molecule is CC(C)(C)C(NC(=O)C(=O)N1CCCCC1)c1ncc(-c2ccc(-c3ccc(-c4cnc(C(NC(=O)C(=O)N5CCCCC5)C(C)(C)C)[nH]4)cc3)cc2)[nH]1. The number of aromatic amines is 2. The number of rotatable bonds is 7. The lowest BCUT2D eigenvalue weighted by atomic mass is 9.86. The molecule has 12 heteroatoms. The van der Waals surface area contributed by atoms with E-state index in [-0.39, 0.29) is 0 Å². The Balaban J connectivity index is 1.11. The largest absolute Gasteiger partial charge is 0.340 e. The van der Waals surface area contributed by atoms with Crippen molar-refractivity contribution in [2.45, 2.75) is 92.2 Å². The zero-order valence-electron chi connectivity index (χ0n) is 32.4. The van der Waals surface area contributed by atoms with Crippen LogP contribution in [-0.4, -0.2) is 79.5 Å². The van der Waals surface area contributed by atoms with Gasteiger partial charge in [0.15, 0.2) is 0 Å². The number of H-pyrrole nitrogens is 2. The zero-order valence-corrected chi connectivity index (χ0v) is 32.4. The Kier molecular flexibility index (Phi) is 11.4. The second-order valence-electron chi connectivity index (χ2n) is 16.8. The van der Waals surface area contributed by atoms with E-state index in [1.54, 1.807) is 22.2 Å². The van der Waals surface area contributed by atoms with Crippen molar-refractivity contribution in [1.82, 2.24) is 40.4 Å². The van der Waals surface area contributed by atoms with Crippen molar-refractivity contribution in [2.24, 2.45) is 10.8 Å². The van der Waals surface area contributed by atoms with E-state index < -0.39 is 46.5 Å². The van der Waals surface area contributed by atoms with Crippen LogP contribution in [0.1, 0.15) is 104 Å². The van der Waals surface area contributed by atoms with Gasteiger partial charge in [0, 0.05) is 26.2 Å². The number of imidazole rings is 2. The lowest BCUT2D eigenvalue weighted by molar-refractivity contribution is -0.147. The molecule has 2 atom stereocenters. The van der Waals surface area contributed by atoms with E-state index in [1.165, 1.54) is 0 Å². The molecule has 2 unspecified atom stereocenters. The molecule has 286 valence electrons. The molecule has 54 heavy (non-hydrogen) atoms. The number of carbonyl (C=O) groups is 4. The van der Waals surface area contributed by atoms with Crippen molar-refractivity contribution < 1.29 is 19.2 Å². The molecule has 0 aliphatic carbocycles. The van der Waals surface area contributed by atoms with E-state index in [1.807, 2.05) is 65.8 Å². The number of likely N-dealkylation sites (tertiary alicyclic amines) is 2. The molecule has 0 saturated carbocycles.